The highest BCUT2D eigenvalue weighted by Crippen LogP contribution is 2.28. The molecule has 1 aromatic carbocycles. The van der Waals surface area contributed by atoms with Gasteiger partial charge in [-0.25, -0.2) is 4.79 Å². The zero-order valence-corrected chi connectivity index (χ0v) is 17.2. The number of alkyl carbamates (subject to hydrolysis) is 1. The Morgan fingerprint density at radius 1 is 1.15 bits per heavy atom. The van der Waals surface area contributed by atoms with E-state index in [2.05, 4.69) is 5.32 Å². The Kier molecular flexibility index (Phi) is 8.28. The fraction of sp³-hybridized carbons (Fsp3) is 0.619. The van der Waals surface area contributed by atoms with Gasteiger partial charge >= 0.3 is 12.1 Å². The lowest BCUT2D eigenvalue weighted by Gasteiger charge is -2.26. The number of rotatable bonds is 8. The Hall–Kier alpha value is -2.08. The van der Waals surface area contributed by atoms with E-state index >= 15 is 0 Å². The van der Waals surface area contributed by atoms with Gasteiger partial charge in [-0.05, 0) is 64.5 Å². The van der Waals surface area contributed by atoms with E-state index < -0.39 is 35.7 Å². The molecule has 0 saturated heterocycles. The number of hydrogen-bond donors (Lipinski definition) is 3. The summed E-state index contributed by atoms with van der Waals surface area (Å²) in [6, 6.07) is 7.28. The number of benzene rings is 1. The molecule has 0 aliphatic carbocycles. The highest BCUT2D eigenvalue weighted by atomic mass is 16.6. The van der Waals surface area contributed by atoms with Crippen LogP contribution < -0.4 is 5.32 Å². The molecule has 3 N–H and O–H groups in total. The van der Waals surface area contributed by atoms with Crippen molar-refractivity contribution in [2.75, 3.05) is 0 Å². The van der Waals surface area contributed by atoms with Gasteiger partial charge in [0.15, 0.2) is 0 Å². The van der Waals surface area contributed by atoms with E-state index in [-0.39, 0.29) is 12.3 Å². The minimum atomic E-state index is -0.984. The van der Waals surface area contributed by atoms with E-state index in [1.54, 1.807) is 27.7 Å². The Labute approximate surface area is 161 Å². The molecule has 1 amide bonds. The lowest BCUT2D eigenvalue weighted by molar-refractivity contribution is -0.143. The van der Waals surface area contributed by atoms with Crippen molar-refractivity contribution in [1.82, 2.24) is 5.32 Å². The van der Waals surface area contributed by atoms with Crippen molar-refractivity contribution in [3.05, 3.63) is 35.4 Å². The maximum Gasteiger partial charge on any atom is 0.407 e. The zero-order chi connectivity index (χ0) is 20.8. The number of aliphatic hydroxyl groups is 1. The summed E-state index contributed by atoms with van der Waals surface area (Å²) in [6.45, 7) is 10.9. The highest BCUT2D eigenvalue weighted by molar-refractivity contribution is 5.70. The summed E-state index contributed by atoms with van der Waals surface area (Å²) in [5, 5.41) is 22.5. The number of ether oxygens (including phenoxy) is 1. The standard InChI is InChI=1S/C21H33NO5/c1-13-9-7-8-10-17(13)14(2)11-16(19(24)25)12-18(23)15(3)22-20(26)27-21(4,5)6/h7-10,14-16,18,23H,11-12H2,1-6H3,(H,22,26)(H,24,25)/t14?,15-,16+,18+/m0/s1. The van der Waals surface area contributed by atoms with Gasteiger partial charge in [0.2, 0.25) is 0 Å². The second-order valence-corrected chi connectivity index (χ2v) is 8.27. The topological polar surface area (TPSA) is 95.9 Å². The summed E-state index contributed by atoms with van der Waals surface area (Å²) in [5.41, 5.74) is 1.59. The smallest absolute Gasteiger partial charge is 0.407 e. The van der Waals surface area contributed by atoms with Crippen LogP contribution in [0.3, 0.4) is 0 Å². The van der Waals surface area contributed by atoms with Crippen molar-refractivity contribution in [2.24, 2.45) is 5.92 Å². The van der Waals surface area contributed by atoms with Crippen molar-refractivity contribution >= 4 is 12.1 Å². The first kappa shape index (κ1) is 23.0. The molecule has 0 aromatic heterocycles. The molecule has 0 heterocycles. The van der Waals surface area contributed by atoms with E-state index in [0.717, 1.165) is 11.1 Å². The number of aliphatic carboxylic acids is 1. The summed E-state index contributed by atoms with van der Waals surface area (Å²) in [4.78, 5) is 23.5. The zero-order valence-electron chi connectivity index (χ0n) is 17.2. The molecule has 27 heavy (non-hydrogen) atoms. The predicted octanol–water partition coefficient (Wildman–Crippen LogP) is 3.85. The summed E-state index contributed by atoms with van der Waals surface area (Å²) >= 11 is 0. The monoisotopic (exact) mass is 379 g/mol. The van der Waals surface area contributed by atoms with Crippen molar-refractivity contribution in [3.63, 3.8) is 0 Å². The fourth-order valence-corrected chi connectivity index (χ4v) is 3.08. The number of carbonyl (C=O) groups is 2. The van der Waals surface area contributed by atoms with Gasteiger partial charge in [-0.1, -0.05) is 31.2 Å². The van der Waals surface area contributed by atoms with Crippen LogP contribution in [0.15, 0.2) is 24.3 Å². The Morgan fingerprint density at radius 3 is 2.26 bits per heavy atom. The summed E-state index contributed by atoms with van der Waals surface area (Å²) in [6.07, 6.45) is -1.14. The molecule has 0 bridgehead atoms. The molecule has 152 valence electrons. The number of carboxylic acid groups (broad SMARTS) is 1. The SMILES string of the molecule is Cc1ccccc1C(C)C[C@H](C[C@@H](O)[C@H](C)NC(=O)OC(C)(C)C)C(=O)O. The quantitative estimate of drug-likeness (QED) is 0.637. The summed E-state index contributed by atoms with van der Waals surface area (Å²) < 4.78 is 5.17. The molecule has 0 fully saturated rings. The van der Waals surface area contributed by atoms with E-state index in [1.165, 1.54) is 0 Å². The second-order valence-electron chi connectivity index (χ2n) is 8.27. The van der Waals surface area contributed by atoms with Crippen LogP contribution in [0, 0.1) is 12.8 Å². The first-order chi connectivity index (χ1) is 12.4. The van der Waals surface area contributed by atoms with Gasteiger partial charge in [0.1, 0.15) is 5.60 Å². The third-order valence-electron chi connectivity index (χ3n) is 4.55. The Bertz CT molecular complexity index is 638. The molecular weight excluding hydrogens is 346 g/mol. The summed E-state index contributed by atoms with van der Waals surface area (Å²) in [5.74, 6) is -1.61. The van der Waals surface area contributed by atoms with Crippen LogP contribution in [-0.4, -0.2) is 40.0 Å². The molecule has 0 spiro atoms. The van der Waals surface area contributed by atoms with E-state index in [4.69, 9.17) is 4.74 Å². The van der Waals surface area contributed by atoms with Crippen LogP contribution in [0.2, 0.25) is 0 Å². The average Bonchev–Trinajstić information content (AvgIpc) is 2.52. The first-order valence-electron chi connectivity index (χ1n) is 9.36. The van der Waals surface area contributed by atoms with Gasteiger partial charge in [0.05, 0.1) is 18.1 Å². The maximum absolute atomic E-state index is 11.8. The van der Waals surface area contributed by atoms with E-state index in [0.29, 0.717) is 6.42 Å². The highest BCUT2D eigenvalue weighted by Gasteiger charge is 2.28. The van der Waals surface area contributed by atoms with E-state index in [1.807, 2.05) is 38.1 Å². The van der Waals surface area contributed by atoms with Crippen molar-refractivity contribution in [3.8, 4) is 0 Å². The predicted molar refractivity (Wildman–Crippen MR) is 105 cm³/mol. The largest absolute Gasteiger partial charge is 0.481 e. The van der Waals surface area contributed by atoms with Gasteiger partial charge in [0.25, 0.3) is 0 Å². The van der Waals surface area contributed by atoms with Gasteiger partial charge in [-0.15, -0.1) is 0 Å². The van der Waals surface area contributed by atoms with E-state index in [9.17, 15) is 19.8 Å². The Morgan fingerprint density at radius 2 is 1.74 bits per heavy atom. The van der Waals surface area contributed by atoms with Crippen LogP contribution in [0.5, 0.6) is 0 Å². The van der Waals surface area contributed by atoms with Crippen LogP contribution in [0.4, 0.5) is 4.79 Å². The first-order valence-corrected chi connectivity index (χ1v) is 9.36. The van der Waals surface area contributed by atoms with Crippen molar-refractivity contribution in [1.29, 1.82) is 0 Å². The molecule has 1 unspecified atom stereocenters. The molecular formula is C21H33NO5. The van der Waals surface area contributed by atoms with Crippen LogP contribution in [-0.2, 0) is 9.53 Å². The normalized spacial score (nSPS) is 16.1. The number of aryl methyl sites for hydroxylation is 1. The Balaban J connectivity index is 2.69. The minimum absolute atomic E-state index is 0.0496. The molecule has 4 atom stereocenters. The lowest BCUT2D eigenvalue weighted by Crippen LogP contribution is -2.44. The number of amides is 1. The fourth-order valence-electron chi connectivity index (χ4n) is 3.08. The molecule has 6 heteroatoms. The third-order valence-corrected chi connectivity index (χ3v) is 4.55. The molecule has 1 aromatic rings. The van der Waals surface area contributed by atoms with Crippen molar-refractivity contribution < 1.29 is 24.5 Å². The van der Waals surface area contributed by atoms with Gasteiger partial charge < -0.3 is 20.3 Å². The third kappa shape index (κ3) is 7.99. The number of carbonyl (C=O) groups excluding carboxylic acids is 1. The summed E-state index contributed by atoms with van der Waals surface area (Å²) in [7, 11) is 0. The lowest BCUT2D eigenvalue weighted by atomic mass is 9.85. The molecule has 0 aliphatic heterocycles. The number of carboxylic acids is 1. The van der Waals surface area contributed by atoms with Crippen LogP contribution in [0.1, 0.15) is 64.5 Å². The molecule has 1 rings (SSSR count). The number of nitrogens with one attached hydrogen (secondary N) is 1. The minimum Gasteiger partial charge on any atom is -0.481 e. The maximum atomic E-state index is 11.8. The van der Waals surface area contributed by atoms with Gasteiger partial charge in [-0.2, -0.15) is 0 Å². The molecule has 0 radical (unpaired) electrons. The molecule has 0 saturated carbocycles. The average molecular weight is 379 g/mol. The van der Waals surface area contributed by atoms with Crippen LogP contribution >= 0.6 is 0 Å². The molecule has 6 nitrogen and oxygen atoms in total. The van der Waals surface area contributed by atoms with Gasteiger partial charge in [-0.3, -0.25) is 4.79 Å². The van der Waals surface area contributed by atoms with Crippen LogP contribution in [0.25, 0.3) is 0 Å². The number of aliphatic hydroxyl groups excluding tert-OH is 1. The van der Waals surface area contributed by atoms with Crippen molar-refractivity contribution in [2.45, 2.75) is 78.0 Å². The van der Waals surface area contributed by atoms with Gasteiger partial charge in [0, 0.05) is 0 Å². The number of hydrogen-bond acceptors (Lipinski definition) is 4. The molecule has 0 aliphatic rings. The second kappa shape index (κ2) is 9.74.